The molecule has 2 aromatic rings. The summed E-state index contributed by atoms with van der Waals surface area (Å²) in [6.07, 6.45) is 1.54. The van der Waals surface area contributed by atoms with Crippen molar-refractivity contribution in [1.82, 2.24) is 5.43 Å². The van der Waals surface area contributed by atoms with Crippen LogP contribution in [0.2, 0.25) is 10.0 Å². The Morgan fingerprint density at radius 3 is 2.25 bits per heavy atom. The van der Waals surface area contributed by atoms with Gasteiger partial charge in [0, 0.05) is 16.1 Å². The smallest absolute Gasteiger partial charge is 0.0453 e. The van der Waals surface area contributed by atoms with Gasteiger partial charge in [-0.15, -0.1) is 0 Å². The van der Waals surface area contributed by atoms with Gasteiger partial charge in [-0.25, -0.2) is 0 Å². The van der Waals surface area contributed by atoms with Crippen molar-refractivity contribution in [3.05, 3.63) is 69.2 Å². The van der Waals surface area contributed by atoms with Crippen LogP contribution in [0.3, 0.4) is 0 Å². The Bertz CT molecular complexity index is 564. The number of hydrogen-bond acceptors (Lipinski definition) is 2. The minimum Gasteiger partial charge on any atom is -0.271 e. The van der Waals surface area contributed by atoms with E-state index in [2.05, 4.69) is 24.5 Å². The number of hydrogen-bond donors (Lipinski definition) is 2. The molecule has 0 aliphatic rings. The predicted octanol–water partition coefficient (Wildman–Crippen LogP) is 3.92. The van der Waals surface area contributed by atoms with Crippen LogP contribution in [0.1, 0.15) is 16.7 Å². The van der Waals surface area contributed by atoms with Gasteiger partial charge in [0.05, 0.1) is 0 Å². The minimum atomic E-state index is 0.0912. The molecule has 0 saturated carbocycles. The van der Waals surface area contributed by atoms with Crippen LogP contribution in [-0.2, 0) is 12.8 Å². The van der Waals surface area contributed by atoms with Gasteiger partial charge in [-0.05, 0) is 48.6 Å². The fourth-order valence-corrected chi connectivity index (χ4v) is 2.82. The topological polar surface area (TPSA) is 38.0 Å². The lowest BCUT2D eigenvalue weighted by Crippen LogP contribution is -2.38. The van der Waals surface area contributed by atoms with Gasteiger partial charge in [0.25, 0.3) is 0 Å². The van der Waals surface area contributed by atoms with E-state index in [-0.39, 0.29) is 6.04 Å². The zero-order valence-electron chi connectivity index (χ0n) is 11.4. The molecule has 3 N–H and O–H groups in total. The van der Waals surface area contributed by atoms with E-state index in [1.807, 2.05) is 30.3 Å². The van der Waals surface area contributed by atoms with Crippen LogP contribution in [0, 0.1) is 6.92 Å². The van der Waals surface area contributed by atoms with Gasteiger partial charge in [-0.1, -0.05) is 53.5 Å². The highest BCUT2D eigenvalue weighted by Gasteiger charge is 2.14. The predicted molar refractivity (Wildman–Crippen MR) is 86.2 cm³/mol. The molecule has 0 radical (unpaired) electrons. The third kappa shape index (κ3) is 3.74. The SMILES string of the molecule is Cc1ccccc1CC(Cc1c(Cl)cccc1Cl)NN. The molecule has 20 heavy (non-hydrogen) atoms. The molecule has 0 spiro atoms. The van der Waals surface area contributed by atoms with Crippen LogP contribution in [0.25, 0.3) is 0 Å². The molecule has 0 aromatic heterocycles. The summed E-state index contributed by atoms with van der Waals surface area (Å²) in [5, 5.41) is 1.37. The third-order valence-corrected chi connectivity index (χ3v) is 4.18. The fraction of sp³-hybridized carbons (Fsp3) is 0.250. The highest BCUT2D eigenvalue weighted by molar-refractivity contribution is 6.36. The van der Waals surface area contributed by atoms with E-state index in [1.54, 1.807) is 0 Å². The van der Waals surface area contributed by atoms with E-state index in [0.29, 0.717) is 16.5 Å². The third-order valence-electron chi connectivity index (χ3n) is 3.48. The van der Waals surface area contributed by atoms with E-state index in [1.165, 1.54) is 11.1 Å². The Hall–Kier alpha value is -1.06. The first-order valence-corrected chi connectivity index (χ1v) is 7.31. The number of nitrogens with two attached hydrogens (primary N) is 1. The largest absolute Gasteiger partial charge is 0.271 e. The maximum absolute atomic E-state index is 6.21. The van der Waals surface area contributed by atoms with Gasteiger partial charge in [-0.2, -0.15) is 0 Å². The van der Waals surface area contributed by atoms with Crippen molar-refractivity contribution < 1.29 is 0 Å². The van der Waals surface area contributed by atoms with Gasteiger partial charge in [0.2, 0.25) is 0 Å². The van der Waals surface area contributed by atoms with E-state index in [4.69, 9.17) is 29.0 Å². The normalized spacial score (nSPS) is 12.4. The van der Waals surface area contributed by atoms with Crippen LogP contribution < -0.4 is 11.3 Å². The fourth-order valence-electron chi connectivity index (χ4n) is 2.27. The molecular formula is C16H18Cl2N2. The first kappa shape index (κ1) is 15.3. The molecule has 1 atom stereocenters. The standard InChI is InChI=1S/C16H18Cl2N2/c1-11-5-2-3-6-12(11)9-13(20-19)10-14-15(17)7-4-8-16(14)18/h2-8,13,20H,9-10,19H2,1H3. The summed E-state index contributed by atoms with van der Waals surface area (Å²) in [6.45, 7) is 2.10. The van der Waals surface area contributed by atoms with Crippen molar-refractivity contribution in [3.8, 4) is 0 Å². The average Bonchev–Trinajstić information content (AvgIpc) is 2.44. The lowest BCUT2D eigenvalue weighted by atomic mass is 9.97. The second kappa shape index (κ2) is 7.09. The number of aryl methyl sites for hydroxylation is 1. The molecule has 0 aliphatic carbocycles. The molecule has 2 aromatic carbocycles. The monoisotopic (exact) mass is 308 g/mol. The first-order valence-electron chi connectivity index (χ1n) is 6.55. The lowest BCUT2D eigenvalue weighted by Gasteiger charge is -2.18. The van der Waals surface area contributed by atoms with Gasteiger partial charge in [-0.3, -0.25) is 11.3 Å². The number of hydrazine groups is 1. The number of benzene rings is 2. The van der Waals surface area contributed by atoms with Crippen LogP contribution >= 0.6 is 23.2 Å². The van der Waals surface area contributed by atoms with E-state index in [0.717, 1.165) is 12.0 Å². The summed E-state index contributed by atoms with van der Waals surface area (Å²) in [5.41, 5.74) is 6.34. The van der Waals surface area contributed by atoms with Gasteiger partial charge in [0.15, 0.2) is 0 Å². The summed E-state index contributed by atoms with van der Waals surface area (Å²) >= 11 is 12.4. The summed E-state index contributed by atoms with van der Waals surface area (Å²) in [7, 11) is 0. The molecule has 2 nitrogen and oxygen atoms in total. The van der Waals surface area contributed by atoms with Crippen LogP contribution in [0.5, 0.6) is 0 Å². The average molecular weight is 309 g/mol. The molecule has 106 valence electrons. The maximum Gasteiger partial charge on any atom is 0.0453 e. The second-order valence-corrected chi connectivity index (χ2v) is 5.71. The molecule has 0 aliphatic heterocycles. The van der Waals surface area contributed by atoms with E-state index < -0.39 is 0 Å². The van der Waals surface area contributed by atoms with E-state index in [9.17, 15) is 0 Å². The van der Waals surface area contributed by atoms with Crippen LogP contribution in [-0.4, -0.2) is 6.04 Å². The zero-order chi connectivity index (χ0) is 14.5. The highest BCUT2D eigenvalue weighted by Crippen LogP contribution is 2.26. The Kier molecular flexibility index (Phi) is 5.44. The quantitative estimate of drug-likeness (QED) is 0.649. The molecule has 1 unspecified atom stereocenters. The van der Waals surface area contributed by atoms with E-state index >= 15 is 0 Å². The number of rotatable bonds is 5. The molecule has 2 rings (SSSR count). The lowest BCUT2D eigenvalue weighted by molar-refractivity contribution is 0.522. The molecule has 0 heterocycles. The van der Waals surface area contributed by atoms with Crippen molar-refractivity contribution in [2.24, 2.45) is 5.84 Å². The van der Waals surface area contributed by atoms with Crippen molar-refractivity contribution in [3.63, 3.8) is 0 Å². The summed E-state index contributed by atoms with van der Waals surface area (Å²) in [4.78, 5) is 0. The Morgan fingerprint density at radius 2 is 1.65 bits per heavy atom. The van der Waals surface area contributed by atoms with Gasteiger partial charge in [0.1, 0.15) is 0 Å². The molecule has 0 fully saturated rings. The van der Waals surface area contributed by atoms with Crippen molar-refractivity contribution in [2.75, 3.05) is 0 Å². The minimum absolute atomic E-state index is 0.0912. The van der Waals surface area contributed by atoms with Crippen molar-refractivity contribution in [1.29, 1.82) is 0 Å². The Labute approximate surface area is 129 Å². The molecular weight excluding hydrogens is 291 g/mol. The Morgan fingerprint density at radius 1 is 1.00 bits per heavy atom. The zero-order valence-corrected chi connectivity index (χ0v) is 12.9. The first-order chi connectivity index (χ1) is 9.61. The molecule has 0 bridgehead atoms. The second-order valence-electron chi connectivity index (χ2n) is 4.90. The van der Waals surface area contributed by atoms with Gasteiger partial charge < -0.3 is 0 Å². The molecule has 0 saturated heterocycles. The number of halogens is 2. The number of nitrogens with one attached hydrogen (secondary N) is 1. The summed E-state index contributed by atoms with van der Waals surface area (Å²) in [5.74, 6) is 5.68. The summed E-state index contributed by atoms with van der Waals surface area (Å²) < 4.78 is 0. The van der Waals surface area contributed by atoms with Crippen molar-refractivity contribution >= 4 is 23.2 Å². The highest BCUT2D eigenvalue weighted by atomic mass is 35.5. The van der Waals surface area contributed by atoms with Gasteiger partial charge >= 0.3 is 0 Å². The molecule has 4 heteroatoms. The summed E-state index contributed by atoms with van der Waals surface area (Å²) in [6, 6.07) is 13.9. The van der Waals surface area contributed by atoms with Crippen molar-refractivity contribution in [2.45, 2.75) is 25.8 Å². The Balaban J connectivity index is 2.16. The van der Waals surface area contributed by atoms with Crippen LogP contribution in [0.15, 0.2) is 42.5 Å². The van der Waals surface area contributed by atoms with Crippen LogP contribution in [0.4, 0.5) is 0 Å². The molecule has 0 amide bonds. The maximum atomic E-state index is 6.21.